The number of benzene rings is 2. The fourth-order valence-electron chi connectivity index (χ4n) is 12.0. The Morgan fingerprint density at radius 2 is 0.890 bits per heavy atom. The quantitative estimate of drug-likeness (QED) is 0.0553. The molecule has 6 atom stereocenters. The predicted octanol–water partition coefficient (Wildman–Crippen LogP) is 11.6. The molecule has 0 radical (unpaired) electrons. The van der Waals surface area contributed by atoms with Crippen molar-refractivity contribution < 1.29 is 57.7 Å². The summed E-state index contributed by atoms with van der Waals surface area (Å²) in [4.78, 5) is 112. The van der Waals surface area contributed by atoms with Gasteiger partial charge in [-0.05, 0) is 105 Å². The molecule has 4 bridgehead atoms. The third-order valence-electron chi connectivity index (χ3n) is 16.3. The number of carboxylic acid groups (broad SMARTS) is 1. The Morgan fingerprint density at radius 1 is 0.521 bits per heavy atom. The van der Waals surface area contributed by atoms with Crippen LogP contribution in [0.15, 0.2) is 130 Å². The molecule has 12 heteroatoms. The van der Waals surface area contributed by atoms with Crippen molar-refractivity contribution in [3.8, 4) is 0 Å². The standard InChI is InChI=1S/C31H38O6.C30H36O6/c1-19(2)14-16-30-18-22(27(34)37-8)29(5,6)31(28(30)35,17-15-20(3)4)25(33)23(26(30)36-7)24(32)21-12-10-9-11-13-21;1-18(2)13-15-29-17-21(26(33)34)28(5,6)30(27(29)35,16-14-19(3)4)25(36-7)22(24(29)32)23(31)20-11-9-8-10-12-20/h9-15,22H,16-18H2,1-8H3;8-14,21H,15-17H2,1-7H3,(H,33,34)/t22-,30?,31-;21-,29?,30-/m11/s1. The molecule has 2 unspecified atom stereocenters. The first-order valence-corrected chi connectivity index (χ1v) is 24.9. The number of hydrogen-bond donors (Lipinski definition) is 1. The molecule has 12 nitrogen and oxygen atoms in total. The first-order chi connectivity index (χ1) is 34.1. The van der Waals surface area contributed by atoms with E-state index in [2.05, 4.69) is 0 Å². The Kier molecular flexibility index (Phi) is 16.9. The van der Waals surface area contributed by atoms with Crippen LogP contribution < -0.4 is 0 Å². The van der Waals surface area contributed by atoms with E-state index in [1.165, 1.54) is 21.3 Å². The van der Waals surface area contributed by atoms with Gasteiger partial charge in [0.25, 0.3) is 0 Å². The molecule has 0 amide bonds. The molecule has 4 aliphatic carbocycles. The Hall–Kier alpha value is -6.56. The van der Waals surface area contributed by atoms with E-state index in [4.69, 9.17) is 14.2 Å². The zero-order valence-electron chi connectivity index (χ0n) is 45.4. The van der Waals surface area contributed by atoms with Gasteiger partial charge in [-0.1, -0.05) is 135 Å². The summed E-state index contributed by atoms with van der Waals surface area (Å²) in [5.41, 5.74) is -4.36. The van der Waals surface area contributed by atoms with Gasteiger partial charge in [0, 0.05) is 11.1 Å². The van der Waals surface area contributed by atoms with Gasteiger partial charge in [0.1, 0.15) is 28.1 Å². The largest absolute Gasteiger partial charge is 0.499 e. The van der Waals surface area contributed by atoms with Crippen LogP contribution in [0.25, 0.3) is 0 Å². The van der Waals surface area contributed by atoms with Crippen LogP contribution in [-0.2, 0) is 43.0 Å². The SMILES string of the molecule is COC(=O)[C@H]1CC2(CC=C(C)C)C(=O)[C@@](CC=C(C)C)(C(=O)C(C(=O)c3ccccc3)=C2OC)C1(C)C.COC1=C(C(=O)c2ccccc2)C(=O)C2(CC=C(C)C)C[C@H](C(=O)O)C(C)(C)[C@@]1(CC=C(C)C)C2=O. The second kappa shape index (κ2) is 21.5. The maximum absolute atomic E-state index is 14.8. The fraction of sp³-hybridized carbons (Fsp3) is 0.475. The highest BCUT2D eigenvalue weighted by atomic mass is 16.5. The molecule has 2 fully saturated rings. The summed E-state index contributed by atoms with van der Waals surface area (Å²) in [6, 6.07) is 17.0. The normalized spacial score (nSPS) is 26.6. The molecule has 1 N–H and O–H groups in total. The summed E-state index contributed by atoms with van der Waals surface area (Å²) >= 11 is 0. The van der Waals surface area contributed by atoms with Gasteiger partial charge in [-0.15, -0.1) is 0 Å². The van der Waals surface area contributed by atoms with Crippen molar-refractivity contribution in [2.45, 2.75) is 122 Å². The summed E-state index contributed by atoms with van der Waals surface area (Å²) in [7, 11) is 4.05. The second-order valence-corrected chi connectivity index (χ2v) is 22.3. The Labute approximate surface area is 431 Å². The second-order valence-electron chi connectivity index (χ2n) is 22.3. The van der Waals surface area contributed by atoms with Gasteiger partial charge in [-0.3, -0.25) is 38.4 Å². The summed E-state index contributed by atoms with van der Waals surface area (Å²) < 4.78 is 16.9. The van der Waals surface area contributed by atoms with Crippen LogP contribution in [0.4, 0.5) is 0 Å². The van der Waals surface area contributed by atoms with Crippen LogP contribution in [0.1, 0.15) is 142 Å². The monoisotopic (exact) mass is 999 g/mol. The van der Waals surface area contributed by atoms with E-state index in [0.717, 1.165) is 22.3 Å². The van der Waals surface area contributed by atoms with Gasteiger partial charge in [0.05, 0.1) is 49.4 Å². The molecule has 0 spiro atoms. The van der Waals surface area contributed by atoms with E-state index in [1.807, 2.05) is 73.6 Å². The van der Waals surface area contributed by atoms with Gasteiger partial charge in [0.15, 0.2) is 34.7 Å². The molecular weight excluding hydrogens is 925 g/mol. The minimum Gasteiger partial charge on any atom is -0.499 e. The van der Waals surface area contributed by atoms with Crippen molar-refractivity contribution in [2.75, 3.05) is 21.3 Å². The molecule has 0 aliphatic heterocycles. The van der Waals surface area contributed by atoms with Gasteiger partial charge in [-0.2, -0.15) is 0 Å². The first-order valence-electron chi connectivity index (χ1n) is 24.9. The molecule has 6 rings (SSSR count). The lowest BCUT2D eigenvalue weighted by atomic mass is 9.40. The van der Waals surface area contributed by atoms with Crippen molar-refractivity contribution in [3.05, 3.63) is 141 Å². The minimum atomic E-state index is -1.67. The third-order valence-corrected chi connectivity index (χ3v) is 16.3. The highest BCUT2D eigenvalue weighted by molar-refractivity contribution is 6.36. The van der Waals surface area contributed by atoms with Crippen LogP contribution in [-0.4, -0.2) is 73.1 Å². The number of rotatable bonds is 16. The molecular formula is C61H74O12. The van der Waals surface area contributed by atoms with Crippen LogP contribution in [0, 0.1) is 44.3 Å². The molecule has 2 aromatic carbocycles. The van der Waals surface area contributed by atoms with E-state index in [0.29, 0.717) is 11.1 Å². The van der Waals surface area contributed by atoms with Gasteiger partial charge >= 0.3 is 11.9 Å². The number of carbonyl (C=O) groups excluding carboxylic acids is 7. The summed E-state index contributed by atoms with van der Waals surface area (Å²) in [6.07, 6.45) is 7.78. The Balaban J connectivity index is 0.000000271. The zero-order valence-corrected chi connectivity index (χ0v) is 45.4. The summed E-state index contributed by atoms with van der Waals surface area (Å²) in [6.45, 7) is 22.2. The van der Waals surface area contributed by atoms with Crippen molar-refractivity contribution in [3.63, 3.8) is 0 Å². The van der Waals surface area contributed by atoms with E-state index >= 15 is 0 Å². The first kappa shape index (κ1) is 57.3. The third kappa shape index (κ3) is 9.39. The molecule has 4 aliphatic rings. The lowest BCUT2D eigenvalue weighted by Gasteiger charge is -2.59. The number of methoxy groups -OCH3 is 3. The molecule has 0 aromatic heterocycles. The number of Topliss-reactive ketones (excluding diaryl/α,β-unsaturated/α-hetero) is 6. The molecule has 2 aromatic rings. The molecule has 0 saturated heterocycles. The van der Waals surface area contributed by atoms with Crippen LogP contribution in [0.5, 0.6) is 0 Å². The van der Waals surface area contributed by atoms with Crippen molar-refractivity contribution in [1.82, 2.24) is 0 Å². The Bertz CT molecular complexity index is 2780. The molecule has 0 heterocycles. The summed E-state index contributed by atoms with van der Waals surface area (Å²) in [5.74, 6) is -6.20. The van der Waals surface area contributed by atoms with Gasteiger partial charge in [-0.25, -0.2) is 0 Å². The maximum atomic E-state index is 14.8. The predicted molar refractivity (Wildman–Crippen MR) is 279 cm³/mol. The van der Waals surface area contributed by atoms with Crippen molar-refractivity contribution in [2.24, 2.45) is 44.3 Å². The molecule has 73 heavy (non-hydrogen) atoms. The average Bonchev–Trinajstić information content (AvgIpc) is 3.34. The van der Waals surface area contributed by atoms with Crippen LogP contribution in [0.3, 0.4) is 0 Å². The number of aliphatic carboxylic acids is 1. The van der Waals surface area contributed by atoms with Crippen molar-refractivity contribution in [1.29, 1.82) is 0 Å². The highest BCUT2D eigenvalue weighted by Crippen LogP contribution is 2.68. The summed E-state index contributed by atoms with van der Waals surface area (Å²) in [5, 5.41) is 10.3. The Morgan fingerprint density at radius 3 is 1.30 bits per heavy atom. The number of hydrogen-bond acceptors (Lipinski definition) is 11. The number of carboxylic acids is 1. The van der Waals surface area contributed by atoms with E-state index in [1.54, 1.807) is 94.4 Å². The van der Waals surface area contributed by atoms with E-state index in [-0.39, 0.29) is 72.8 Å². The minimum absolute atomic E-state index is 0.0207. The number of fused-ring (bicyclic) bond motifs is 4. The van der Waals surface area contributed by atoms with Crippen molar-refractivity contribution >= 4 is 46.6 Å². The number of allylic oxidation sites excluding steroid dienone is 12. The van der Waals surface area contributed by atoms with Crippen LogP contribution in [0.2, 0.25) is 0 Å². The highest BCUT2D eigenvalue weighted by Gasteiger charge is 2.75. The number of ether oxygens (including phenoxy) is 3. The van der Waals surface area contributed by atoms with E-state index in [9.17, 15) is 43.5 Å². The lowest BCUT2D eigenvalue weighted by Crippen LogP contribution is -2.68. The number of esters is 1. The number of ketones is 6. The molecule has 2 saturated carbocycles. The topological polar surface area (TPSA) is 184 Å². The maximum Gasteiger partial charge on any atom is 0.309 e. The van der Waals surface area contributed by atoms with Gasteiger partial charge in [0.2, 0.25) is 0 Å². The lowest BCUT2D eigenvalue weighted by molar-refractivity contribution is -0.181. The smallest absolute Gasteiger partial charge is 0.309 e. The molecule has 390 valence electrons. The average molecular weight is 999 g/mol. The fourth-order valence-corrected chi connectivity index (χ4v) is 12.0. The number of carbonyl (C=O) groups is 8. The van der Waals surface area contributed by atoms with E-state index < -0.39 is 79.4 Å². The zero-order chi connectivity index (χ0) is 54.8. The van der Waals surface area contributed by atoms with Crippen LogP contribution >= 0.6 is 0 Å². The van der Waals surface area contributed by atoms with Gasteiger partial charge < -0.3 is 19.3 Å².